The second kappa shape index (κ2) is 2.00. The molecule has 0 amide bonds. The smallest absolute Gasteiger partial charge is 0.0108 e. The zero-order chi connectivity index (χ0) is 8.06. The zero-order valence-corrected chi connectivity index (χ0v) is 7.43. The fourth-order valence-electron chi connectivity index (χ4n) is 2.63. The Balaban J connectivity index is 2.30. The second-order valence-corrected chi connectivity index (χ2v) is 4.45. The van der Waals surface area contributed by atoms with E-state index in [9.17, 15) is 0 Å². The topological polar surface area (TPSA) is 0 Å². The van der Waals surface area contributed by atoms with Crippen LogP contribution in [0.3, 0.4) is 0 Å². The van der Waals surface area contributed by atoms with Gasteiger partial charge in [0.15, 0.2) is 0 Å². The van der Waals surface area contributed by atoms with Crippen LogP contribution in [-0.2, 0) is 0 Å². The van der Waals surface area contributed by atoms with Gasteiger partial charge in [-0.15, -0.1) is 0 Å². The summed E-state index contributed by atoms with van der Waals surface area (Å²) in [6.45, 7) is 8.64. The minimum absolute atomic E-state index is 0.568. The third-order valence-corrected chi connectivity index (χ3v) is 3.75. The van der Waals surface area contributed by atoms with Gasteiger partial charge < -0.3 is 0 Å². The van der Waals surface area contributed by atoms with Crippen molar-refractivity contribution in [2.24, 2.45) is 17.3 Å². The monoisotopic (exact) mass is 148 g/mol. The van der Waals surface area contributed by atoms with Crippen LogP contribution >= 0.6 is 0 Å². The first-order valence-electron chi connectivity index (χ1n) is 4.48. The van der Waals surface area contributed by atoms with Gasteiger partial charge in [0.2, 0.25) is 0 Å². The van der Waals surface area contributed by atoms with E-state index in [1.54, 1.807) is 0 Å². The quantitative estimate of drug-likeness (QED) is 0.536. The van der Waals surface area contributed by atoms with Crippen LogP contribution in [0.4, 0.5) is 0 Å². The summed E-state index contributed by atoms with van der Waals surface area (Å²) in [4.78, 5) is 0. The van der Waals surface area contributed by atoms with Gasteiger partial charge >= 0.3 is 0 Å². The summed E-state index contributed by atoms with van der Waals surface area (Å²) < 4.78 is 0. The van der Waals surface area contributed by atoms with Crippen molar-refractivity contribution in [1.82, 2.24) is 0 Å². The fraction of sp³-hybridized carbons (Fsp3) is 0.636. The first-order chi connectivity index (χ1) is 5.16. The first-order valence-corrected chi connectivity index (χ1v) is 4.48. The maximum atomic E-state index is 3.86. The van der Waals surface area contributed by atoms with E-state index in [2.05, 4.69) is 26.5 Å². The summed E-state index contributed by atoms with van der Waals surface area (Å²) in [6, 6.07) is 0. The standard InChI is InChI=1S/C11H16/c1-4-8-5-6-9-7-10(8)11(9,2)3/h4-5,9-10H,1,6-7H2,2-3H3/t9-,10-/m1/s1. The Hall–Kier alpha value is -0.520. The van der Waals surface area contributed by atoms with Crippen LogP contribution in [0.5, 0.6) is 0 Å². The largest absolute Gasteiger partial charge is 0.0988 e. The summed E-state index contributed by atoms with van der Waals surface area (Å²) in [5.41, 5.74) is 2.07. The predicted molar refractivity (Wildman–Crippen MR) is 48.3 cm³/mol. The summed E-state index contributed by atoms with van der Waals surface area (Å²) in [6.07, 6.45) is 7.11. The fourth-order valence-corrected chi connectivity index (χ4v) is 2.63. The van der Waals surface area contributed by atoms with Crippen LogP contribution < -0.4 is 0 Å². The molecule has 3 aliphatic carbocycles. The molecule has 0 heteroatoms. The molecule has 0 aromatic rings. The van der Waals surface area contributed by atoms with E-state index in [1.807, 2.05) is 6.08 Å². The average molecular weight is 148 g/mol. The molecular formula is C11H16. The van der Waals surface area contributed by atoms with Crippen molar-refractivity contribution in [1.29, 1.82) is 0 Å². The summed E-state index contributed by atoms with van der Waals surface area (Å²) >= 11 is 0. The van der Waals surface area contributed by atoms with E-state index in [0.29, 0.717) is 5.41 Å². The lowest BCUT2D eigenvalue weighted by atomic mass is 9.49. The molecule has 1 fully saturated rings. The van der Waals surface area contributed by atoms with E-state index < -0.39 is 0 Å². The molecule has 0 N–H and O–H groups in total. The van der Waals surface area contributed by atoms with Gasteiger partial charge in [-0.3, -0.25) is 0 Å². The second-order valence-electron chi connectivity index (χ2n) is 4.45. The maximum Gasteiger partial charge on any atom is -0.0108 e. The molecule has 3 aliphatic rings. The molecule has 1 saturated carbocycles. The van der Waals surface area contributed by atoms with E-state index in [4.69, 9.17) is 0 Å². The van der Waals surface area contributed by atoms with Gasteiger partial charge in [-0.2, -0.15) is 0 Å². The Labute approximate surface area is 69.0 Å². The number of hydrogen-bond donors (Lipinski definition) is 0. The van der Waals surface area contributed by atoms with Crippen LogP contribution in [0.1, 0.15) is 26.7 Å². The van der Waals surface area contributed by atoms with Crippen LogP contribution in [0.25, 0.3) is 0 Å². The van der Waals surface area contributed by atoms with Crippen molar-refractivity contribution >= 4 is 0 Å². The molecule has 0 radical (unpaired) electrons. The molecule has 60 valence electrons. The minimum atomic E-state index is 0.568. The Kier molecular flexibility index (Phi) is 1.30. The lowest BCUT2D eigenvalue weighted by Gasteiger charge is -2.56. The molecule has 2 bridgehead atoms. The summed E-state index contributed by atoms with van der Waals surface area (Å²) in [5, 5.41) is 0. The third kappa shape index (κ3) is 0.756. The van der Waals surface area contributed by atoms with Gasteiger partial charge in [0, 0.05) is 0 Å². The van der Waals surface area contributed by atoms with E-state index in [1.165, 1.54) is 18.4 Å². The SMILES string of the molecule is C=CC1=CC[C@@H]2C[C@H]1C2(C)C. The highest BCUT2D eigenvalue weighted by Crippen LogP contribution is 2.59. The van der Waals surface area contributed by atoms with Crippen LogP contribution in [0, 0.1) is 17.3 Å². The molecule has 2 atom stereocenters. The molecule has 0 aliphatic heterocycles. The van der Waals surface area contributed by atoms with Crippen molar-refractivity contribution < 1.29 is 0 Å². The van der Waals surface area contributed by atoms with Crippen molar-refractivity contribution in [2.75, 3.05) is 0 Å². The van der Waals surface area contributed by atoms with Crippen molar-refractivity contribution in [2.45, 2.75) is 26.7 Å². The van der Waals surface area contributed by atoms with Gasteiger partial charge in [-0.05, 0) is 35.7 Å². The van der Waals surface area contributed by atoms with Gasteiger partial charge in [0.25, 0.3) is 0 Å². The van der Waals surface area contributed by atoms with Crippen LogP contribution in [0.2, 0.25) is 0 Å². The van der Waals surface area contributed by atoms with E-state index in [0.717, 1.165) is 11.8 Å². The van der Waals surface area contributed by atoms with Crippen molar-refractivity contribution in [3.8, 4) is 0 Å². The highest BCUT2D eigenvalue weighted by Gasteiger charge is 2.50. The van der Waals surface area contributed by atoms with Gasteiger partial charge in [-0.25, -0.2) is 0 Å². The summed E-state index contributed by atoms with van der Waals surface area (Å²) in [5.74, 6) is 1.77. The average Bonchev–Trinajstić information content (AvgIpc) is 2.04. The first kappa shape index (κ1) is 7.15. The molecule has 0 spiro atoms. The van der Waals surface area contributed by atoms with E-state index >= 15 is 0 Å². The van der Waals surface area contributed by atoms with E-state index in [-0.39, 0.29) is 0 Å². The lowest BCUT2D eigenvalue weighted by molar-refractivity contribution is -0.00325. The Morgan fingerprint density at radius 2 is 2.36 bits per heavy atom. The maximum absolute atomic E-state index is 3.86. The Morgan fingerprint density at radius 3 is 2.73 bits per heavy atom. The molecule has 0 unspecified atom stereocenters. The van der Waals surface area contributed by atoms with Gasteiger partial charge in [0.05, 0.1) is 0 Å². The molecule has 0 aromatic carbocycles. The molecule has 0 aromatic heterocycles. The minimum Gasteiger partial charge on any atom is -0.0988 e. The van der Waals surface area contributed by atoms with Crippen molar-refractivity contribution in [3.05, 3.63) is 24.3 Å². The van der Waals surface area contributed by atoms with Gasteiger partial charge in [-0.1, -0.05) is 32.6 Å². The molecule has 0 saturated heterocycles. The molecule has 3 rings (SSSR count). The molecule has 0 heterocycles. The Morgan fingerprint density at radius 1 is 1.64 bits per heavy atom. The molecular weight excluding hydrogens is 132 g/mol. The van der Waals surface area contributed by atoms with Crippen molar-refractivity contribution in [3.63, 3.8) is 0 Å². The van der Waals surface area contributed by atoms with Gasteiger partial charge in [0.1, 0.15) is 0 Å². The molecule has 11 heavy (non-hydrogen) atoms. The number of allylic oxidation sites excluding steroid dienone is 3. The summed E-state index contributed by atoms with van der Waals surface area (Å²) in [7, 11) is 0. The third-order valence-electron chi connectivity index (χ3n) is 3.75. The lowest BCUT2D eigenvalue weighted by Crippen LogP contribution is -2.47. The highest BCUT2D eigenvalue weighted by atomic mass is 14.5. The number of rotatable bonds is 1. The Bertz CT molecular complexity index is 220. The number of fused-ring (bicyclic) bond motifs is 1. The van der Waals surface area contributed by atoms with Crippen LogP contribution in [-0.4, -0.2) is 0 Å². The normalized spacial score (nSPS) is 38.9. The van der Waals surface area contributed by atoms with Crippen LogP contribution in [0.15, 0.2) is 24.3 Å². The molecule has 0 nitrogen and oxygen atoms in total. The highest BCUT2D eigenvalue weighted by molar-refractivity contribution is 5.30. The zero-order valence-electron chi connectivity index (χ0n) is 7.43. The number of hydrogen-bond acceptors (Lipinski definition) is 0. The predicted octanol–water partition coefficient (Wildman–Crippen LogP) is 3.16.